The van der Waals surface area contributed by atoms with Crippen molar-refractivity contribution in [1.29, 1.82) is 0 Å². The number of anilines is 3. The maximum atomic E-state index is 6.02. The molecule has 0 amide bonds. The van der Waals surface area contributed by atoms with Gasteiger partial charge in [-0.25, -0.2) is 0 Å². The molecular weight excluding hydrogens is 278 g/mol. The average Bonchev–Trinajstić information content (AvgIpc) is 2.52. The van der Waals surface area contributed by atoms with E-state index >= 15 is 0 Å². The van der Waals surface area contributed by atoms with E-state index in [0.29, 0.717) is 0 Å². The predicted octanol–water partition coefficient (Wildman–Crippen LogP) is 6.12. The zero-order valence-electron chi connectivity index (χ0n) is 11.8. The number of aryl methyl sites for hydroxylation is 1. The van der Waals surface area contributed by atoms with Crippen molar-refractivity contribution in [3.8, 4) is 0 Å². The Kier molecular flexibility index (Phi) is 3.94. The summed E-state index contributed by atoms with van der Waals surface area (Å²) in [6, 6.07) is 26.7. The van der Waals surface area contributed by atoms with Crippen LogP contribution in [0.5, 0.6) is 0 Å². The monoisotopic (exact) mass is 293 g/mol. The zero-order chi connectivity index (χ0) is 14.7. The third kappa shape index (κ3) is 2.93. The molecule has 0 saturated heterocycles. The third-order valence-electron chi connectivity index (χ3n) is 3.46. The summed E-state index contributed by atoms with van der Waals surface area (Å²) in [6.45, 7) is 2.13. The number of benzene rings is 3. The van der Waals surface area contributed by atoms with Crippen LogP contribution >= 0.6 is 11.6 Å². The molecule has 3 aromatic carbocycles. The van der Waals surface area contributed by atoms with E-state index in [1.165, 1.54) is 11.3 Å². The molecule has 0 unspecified atom stereocenters. The number of hydrogen-bond acceptors (Lipinski definition) is 1. The minimum absolute atomic E-state index is 0.747. The van der Waals surface area contributed by atoms with Crippen LogP contribution in [-0.2, 0) is 0 Å². The lowest BCUT2D eigenvalue weighted by molar-refractivity contribution is 1.25. The smallest absolute Gasteiger partial charge is 0.0490 e. The molecule has 0 aromatic heterocycles. The lowest BCUT2D eigenvalue weighted by atomic mass is 10.1. The summed E-state index contributed by atoms with van der Waals surface area (Å²) < 4.78 is 0. The molecule has 0 fully saturated rings. The molecular formula is C19H16ClN. The van der Waals surface area contributed by atoms with Crippen molar-refractivity contribution < 1.29 is 0 Å². The molecule has 0 aliphatic carbocycles. The molecule has 21 heavy (non-hydrogen) atoms. The molecule has 0 aliphatic rings. The van der Waals surface area contributed by atoms with E-state index in [0.717, 1.165) is 16.4 Å². The van der Waals surface area contributed by atoms with Gasteiger partial charge >= 0.3 is 0 Å². The largest absolute Gasteiger partial charge is 0.310 e. The van der Waals surface area contributed by atoms with Crippen molar-refractivity contribution >= 4 is 28.7 Å². The standard InChI is InChI=1S/C19H16ClN/c1-15-7-5-6-10-19(15)21(17-8-3-2-4-9-17)18-13-11-16(20)12-14-18/h2-14H,1H3. The second-order valence-electron chi connectivity index (χ2n) is 4.93. The molecule has 3 aromatic rings. The lowest BCUT2D eigenvalue weighted by Crippen LogP contribution is -2.10. The van der Waals surface area contributed by atoms with E-state index < -0.39 is 0 Å². The van der Waals surface area contributed by atoms with Crippen LogP contribution in [0.1, 0.15) is 5.56 Å². The minimum Gasteiger partial charge on any atom is -0.310 e. The Labute approximate surface area is 130 Å². The van der Waals surface area contributed by atoms with E-state index in [1.807, 2.05) is 30.3 Å². The lowest BCUT2D eigenvalue weighted by Gasteiger charge is -2.26. The van der Waals surface area contributed by atoms with Gasteiger partial charge in [-0.1, -0.05) is 48.0 Å². The van der Waals surface area contributed by atoms with Gasteiger partial charge in [0.2, 0.25) is 0 Å². The molecule has 0 N–H and O–H groups in total. The summed E-state index contributed by atoms with van der Waals surface area (Å²) in [7, 11) is 0. The highest BCUT2D eigenvalue weighted by Crippen LogP contribution is 2.36. The van der Waals surface area contributed by atoms with Crippen LogP contribution in [0, 0.1) is 6.92 Å². The third-order valence-corrected chi connectivity index (χ3v) is 3.71. The minimum atomic E-state index is 0.747. The molecule has 0 heterocycles. The van der Waals surface area contributed by atoms with Crippen LogP contribution in [0.4, 0.5) is 17.1 Å². The van der Waals surface area contributed by atoms with Gasteiger partial charge in [0.05, 0.1) is 0 Å². The van der Waals surface area contributed by atoms with E-state index in [2.05, 4.69) is 60.4 Å². The van der Waals surface area contributed by atoms with Crippen LogP contribution in [0.2, 0.25) is 5.02 Å². The van der Waals surface area contributed by atoms with Crippen LogP contribution in [-0.4, -0.2) is 0 Å². The van der Waals surface area contributed by atoms with Crippen molar-refractivity contribution in [2.24, 2.45) is 0 Å². The number of nitrogens with zero attached hydrogens (tertiary/aromatic N) is 1. The molecule has 104 valence electrons. The molecule has 0 radical (unpaired) electrons. The van der Waals surface area contributed by atoms with Crippen molar-refractivity contribution in [3.05, 3.63) is 89.4 Å². The maximum Gasteiger partial charge on any atom is 0.0490 e. The summed E-state index contributed by atoms with van der Waals surface area (Å²) >= 11 is 6.02. The zero-order valence-corrected chi connectivity index (χ0v) is 12.6. The Bertz CT molecular complexity index is 720. The van der Waals surface area contributed by atoms with Crippen LogP contribution in [0.25, 0.3) is 0 Å². The van der Waals surface area contributed by atoms with Crippen molar-refractivity contribution in [1.82, 2.24) is 0 Å². The number of hydrogen-bond donors (Lipinski definition) is 0. The second kappa shape index (κ2) is 6.02. The van der Waals surface area contributed by atoms with E-state index in [1.54, 1.807) is 0 Å². The maximum absolute atomic E-state index is 6.02. The second-order valence-corrected chi connectivity index (χ2v) is 5.37. The molecule has 0 saturated carbocycles. The normalized spacial score (nSPS) is 10.4. The van der Waals surface area contributed by atoms with Gasteiger partial charge in [0.1, 0.15) is 0 Å². The molecule has 0 aliphatic heterocycles. The Morgan fingerprint density at radius 1 is 0.667 bits per heavy atom. The van der Waals surface area contributed by atoms with Crippen LogP contribution in [0.15, 0.2) is 78.9 Å². The van der Waals surface area contributed by atoms with Gasteiger partial charge in [-0.3, -0.25) is 0 Å². The highest BCUT2D eigenvalue weighted by molar-refractivity contribution is 6.30. The molecule has 1 nitrogen and oxygen atoms in total. The van der Waals surface area contributed by atoms with Gasteiger partial charge in [-0.2, -0.15) is 0 Å². The van der Waals surface area contributed by atoms with Crippen molar-refractivity contribution in [2.45, 2.75) is 6.92 Å². The number of rotatable bonds is 3. The summed E-state index contributed by atoms with van der Waals surface area (Å²) in [5, 5.41) is 0.747. The molecule has 3 rings (SSSR count). The van der Waals surface area contributed by atoms with Crippen LogP contribution < -0.4 is 4.90 Å². The Hall–Kier alpha value is -2.25. The van der Waals surface area contributed by atoms with Gasteiger partial charge in [0.25, 0.3) is 0 Å². The molecule has 0 bridgehead atoms. The summed E-state index contributed by atoms with van der Waals surface area (Å²) in [4.78, 5) is 2.24. The van der Waals surface area contributed by atoms with Crippen molar-refractivity contribution in [2.75, 3.05) is 4.90 Å². The first-order valence-electron chi connectivity index (χ1n) is 6.92. The quantitative estimate of drug-likeness (QED) is 0.562. The van der Waals surface area contributed by atoms with Crippen molar-refractivity contribution in [3.63, 3.8) is 0 Å². The fraction of sp³-hybridized carbons (Fsp3) is 0.0526. The molecule has 0 atom stereocenters. The number of halogens is 1. The Morgan fingerprint density at radius 3 is 1.90 bits per heavy atom. The summed E-state index contributed by atoms with van der Waals surface area (Å²) in [6.07, 6.45) is 0. The number of para-hydroxylation sites is 2. The first-order chi connectivity index (χ1) is 10.3. The van der Waals surface area contributed by atoms with Gasteiger partial charge in [-0.05, 0) is 55.0 Å². The fourth-order valence-corrected chi connectivity index (χ4v) is 2.53. The summed E-state index contributed by atoms with van der Waals surface area (Å²) in [5.41, 5.74) is 4.64. The van der Waals surface area contributed by atoms with Gasteiger partial charge < -0.3 is 4.90 Å². The first kappa shape index (κ1) is 13.7. The van der Waals surface area contributed by atoms with E-state index in [9.17, 15) is 0 Å². The predicted molar refractivity (Wildman–Crippen MR) is 90.9 cm³/mol. The van der Waals surface area contributed by atoms with Gasteiger partial charge in [-0.15, -0.1) is 0 Å². The summed E-state index contributed by atoms with van der Waals surface area (Å²) in [5.74, 6) is 0. The van der Waals surface area contributed by atoms with E-state index in [4.69, 9.17) is 11.6 Å². The highest BCUT2D eigenvalue weighted by Gasteiger charge is 2.13. The molecule has 0 spiro atoms. The van der Waals surface area contributed by atoms with Gasteiger partial charge in [0, 0.05) is 22.1 Å². The van der Waals surface area contributed by atoms with Crippen LogP contribution in [0.3, 0.4) is 0 Å². The van der Waals surface area contributed by atoms with Gasteiger partial charge in [0.15, 0.2) is 0 Å². The average molecular weight is 294 g/mol. The topological polar surface area (TPSA) is 3.24 Å². The highest BCUT2D eigenvalue weighted by atomic mass is 35.5. The fourth-order valence-electron chi connectivity index (χ4n) is 2.41. The molecule has 2 heteroatoms. The Balaban J connectivity index is 2.16. The van der Waals surface area contributed by atoms with E-state index in [-0.39, 0.29) is 0 Å². The first-order valence-corrected chi connectivity index (χ1v) is 7.30. The SMILES string of the molecule is Cc1ccccc1N(c1ccccc1)c1ccc(Cl)cc1. The Morgan fingerprint density at radius 2 is 1.24 bits per heavy atom.